The Morgan fingerprint density at radius 1 is 0.925 bits per heavy atom. The molecule has 0 unspecified atom stereocenters. The van der Waals surface area contributed by atoms with Crippen molar-refractivity contribution in [2.45, 2.75) is 45.7 Å². The number of carbonyl (C=O) groups excluding carboxylic acids is 2. The number of hydrogen-bond acceptors (Lipinski definition) is 4. The number of anilines is 1. The summed E-state index contributed by atoms with van der Waals surface area (Å²) in [7, 11) is -4.08. The SMILES string of the molecule is CCCCNC(=O)[C@@H](Cc1ccccc1)N(Cc1ccc(C)cc1)C(=O)CN(c1ccc(F)c(F)c1)S(C)(=O)=O. The van der Waals surface area contributed by atoms with Crippen LogP contribution in [0.3, 0.4) is 0 Å². The summed E-state index contributed by atoms with van der Waals surface area (Å²) in [6.45, 7) is 3.69. The van der Waals surface area contributed by atoms with Gasteiger partial charge < -0.3 is 10.2 Å². The molecule has 0 radical (unpaired) electrons. The van der Waals surface area contributed by atoms with Crippen molar-refractivity contribution < 1.29 is 26.8 Å². The van der Waals surface area contributed by atoms with Crippen molar-refractivity contribution in [1.29, 1.82) is 0 Å². The number of nitrogens with zero attached hydrogens (tertiary/aromatic N) is 2. The van der Waals surface area contributed by atoms with Gasteiger partial charge >= 0.3 is 0 Å². The molecule has 0 aliphatic rings. The van der Waals surface area contributed by atoms with Crippen LogP contribution in [-0.4, -0.2) is 50.5 Å². The number of carbonyl (C=O) groups is 2. The molecule has 1 N–H and O–H groups in total. The minimum Gasteiger partial charge on any atom is -0.354 e. The van der Waals surface area contributed by atoms with E-state index in [1.165, 1.54) is 4.90 Å². The summed E-state index contributed by atoms with van der Waals surface area (Å²) >= 11 is 0. The van der Waals surface area contributed by atoms with E-state index in [2.05, 4.69) is 5.32 Å². The monoisotopic (exact) mass is 571 g/mol. The first-order chi connectivity index (χ1) is 19.0. The smallest absolute Gasteiger partial charge is 0.244 e. The summed E-state index contributed by atoms with van der Waals surface area (Å²) < 4.78 is 53.7. The molecular formula is C30H35F2N3O4S. The van der Waals surface area contributed by atoms with Gasteiger partial charge in [-0.1, -0.05) is 73.5 Å². The highest BCUT2D eigenvalue weighted by Gasteiger charge is 2.33. The second-order valence-electron chi connectivity index (χ2n) is 9.73. The average Bonchev–Trinajstić information content (AvgIpc) is 2.92. The van der Waals surface area contributed by atoms with Crippen LogP contribution in [0.2, 0.25) is 0 Å². The van der Waals surface area contributed by atoms with Gasteiger partial charge in [0.1, 0.15) is 12.6 Å². The van der Waals surface area contributed by atoms with Gasteiger partial charge in [0.25, 0.3) is 0 Å². The number of unbranched alkanes of at least 4 members (excludes halogenated alkanes) is 1. The summed E-state index contributed by atoms with van der Waals surface area (Å²) in [5.41, 5.74) is 2.39. The fraction of sp³-hybridized carbons (Fsp3) is 0.333. The Hall–Kier alpha value is -3.79. The quantitative estimate of drug-likeness (QED) is 0.304. The third kappa shape index (κ3) is 8.61. The van der Waals surface area contributed by atoms with Crippen LogP contribution < -0.4 is 9.62 Å². The van der Waals surface area contributed by atoms with Crippen LogP contribution in [0.5, 0.6) is 0 Å². The molecule has 0 bridgehead atoms. The van der Waals surface area contributed by atoms with Gasteiger partial charge in [-0.25, -0.2) is 17.2 Å². The summed E-state index contributed by atoms with van der Waals surface area (Å²) in [6, 6.07) is 18.3. The Labute approximate surface area is 234 Å². The van der Waals surface area contributed by atoms with E-state index in [1.54, 1.807) is 0 Å². The van der Waals surface area contributed by atoms with Gasteiger partial charge in [0.05, 0.1) is 11.9 Å². The molecule has 0 aliphatic heterocycles. The Balaban J connectivity index is 2.03. The Morgan fingerprint density at radius 3 is 2.20 bits per heavy atom. The lowest BCUT2D eigenvalue weighted by atomic mass is 10.0. The lowest BCUT2D eigenvalue weighted by Gasteiger charge is -2.33. The third-order valence-electron chi connectivity index (χ3n) is 6.44. The predicted molar refractivity (Wildman–Crippen MR) is 152 cm³/mol. The normalized spacial score (nSPS) is 12.0. The topological polar surface area (TPSA) is 86.8 Å². The lowest BCUT2D eigenvalue weighted by Crippen LogP contribution is -2.53. The number of hydrogen-bond donors (Lipinski definition) is 1. The molecule has 40 heavy (non-hydrogen) atoms. The Kier molecular flexibility index (Phi) is 10.8. The number of amides is 2. The zero-order chi connectivity index (χ0) is 29.3. The maximum atomic E-state index is 14.0. The van der Waals surface area contributed by atoms with Crippen LogP contribution in [0.25, 0.3) is 0 Å². The van der Waals surface area contributed by atoms with E-state index in [1.807, 2.05) is 68.4 Å². The third-order valence-corrected chi connectivity index (χ3v) is 7.59. The van der Waals surface area contributed by atoms with E-state index in [9.17, 15) is 26.8 Å². The standard InChI is InChI=1S/C30H35F2N3O4S/c1-4-5-17-33-30(37)28(18-23-9-7-6-8-10-23)34(20-24-13-11-22(2)12-14-24)29(36)21-35(40(3,38)39)25-15-16-26(31)27(32)19-25/h6-16,19,28H,4-5,17-18,20-21H2,1-3H3,(H,33,37)/t28-/m1/s1. The molecule has 10 heteroatoms. The number of benzene rings is 3. The molecule has 0 heterocycles. The van der Waals surface area contributed by atoms with E-state index in [-0.39, 0.29) is 24.6 Å². The molecule has 3 rings (SSSR count). The molecule has 3 aromatic rings. The number of nitrogens with one attached hydrogen (secondary N) is 1. The second-order valence-corrected chi connectivity index (χ2v) is 11.6. The predicted octanol–water partition coefficient (Wildman–Crippen LogP) is 4.60. The first-order valence-electron chi connectivity index (χ1n) is 13.1. The lowest BCUT2D eigenvalue weighted by molar-refractivity contribution is -0.140. The second kappa shape index (κ2) is 14.0. The molecule has 1 atom stereocenters. The van der Waals surface area contributed by atoms with Crippen molar-refractivity contribution in [3.05, 3.63) is 101 Å². The van der Waals surface area contributed by atoms with Crippen LogP contribution in [0.15, 0.2) is 72.8 Å². The van der Waals surface area contributed by atoms with Crippen LogP contribution in [0.4, 0.5) is 14.5 Å². The molecule has 0 saturated heterocycles. The van der Waals surface area contributed by atoms with Gasteiger partial charge in [0, 0.05) is 25.6 Å². The van der Waals surface area contributed by atoms with Crippen molar-refractivity contribution in [2.24, 2.45) is 0 Å². The molecule has 0 aliphatic carbocycles. The highest BCUT2D eigenvalue weighted by Crippen LogP contribution is 2.22. The zero-order valence-corrected chi connectivity index (χ0v) is 23.8. The van der Waals surface area contributed by atoms with Crippen molar-refractivity contribution in [1.82, 2.24) is 10.2 Å². The minimum absolute atomic E-state index is 0.0349. The van der Waals surface area contributed by atoms with Gasteiger partial charge in [0.15, 0.2) is 11.6 Å². The van der Waals surface area contributed by atoms with Gasteiger partial charge in [-0.3, -0.25) is 13.9 Å². The van der Waals surface area contributed by atoms with Gasteiger partial charge in [-0.2, -0.15) is 0 Å². The highest BCUT2D eigenvalue weighted by molar-refractivity contribution is 7.92. The summed E-state index contributed by atoms with van der Waals surface area (Å²) in [4.78, 5) is 28.8. The molecule has 214 valence electrons. The summed E-state index contributed by atoms with van der Waals surface area (Å²) in [6.07, 6.45) is 2.70. The number of aryl methyl sites for hydroxylation is 1. The Bertz CT molecular complexity index is 1400. The van der Waals surface area contributed by atoms with E-state index >= 15 is 0 Å². The van der Waals surface area contributed by atoms with Gasteiger partial charge in [-0.15, -0.1) is 0 Å². The van der Waals surface area contributed by atoms with E-state index < -0.39 is 40.2 Å². The van der Waals surface area contributed by atoms with Crippen LogP contribution in [0.1, 0.15) is 36.5 Å². The van der Waals surface area contributed by atoms with E-state index in [0.29, 0.717) is 10.8 Å². The number of sulfonamides is 1. The molecule has 0 saturated carbocycles. The fourth-order valence-corrected chi connectivity index (χ4v) is 5.05. The highest BCUT2D eigenvalue weighted by atomic mass is 32.2. The molecule has 3 aromatic carbocycles. The molecule has 0 aromatic heterocycles. The number of halogens is 2. The van der Waals surface area contributed by atoms with Crippen LogP contribution >= 0.6 is 0 Å². The van der Waals surface area contributed by atoms with Crippen molar-refractivity contribution >= 4 is 27.5 Å². The molecular weight excluding hydrogens is 536 g/mol. The van der Waals surface area contributed by atoms with E-state index in [0.717, 1.165) is 54.0 Å². The summed E-state index contributed by atoms with van der Waals surface area (Å²) in [5.74, 6) is -3.41. The fourth-order valence-electron chi connectivity index (χ4n) is 4.20. The first-order valence-corrected chi connectivity index (χ1v) is 14.9. The maximum Gasteiger partial charge on any atom is 0.244 e. The van der Waals surface area contributed by atoms with Crippen LogP contribution in [-0.2, 0) is 32.6 Å². The minimum atomic E-state index is -4.08. The largest absolute Gasteiger partial charge is 0.354 e. The first kappa shape index (κ1) is 30.7. The van der Waals surface area contributed by atoms with Crippen LogP contribution in [0, 0.1) is 18.6 Å². The van der Waals surface area contributed by atoms with E-state index in [4.69, 9.17) is 0 Å². The van der Waals surface area contributed by atoms with Crippen molar-refractivity contribution in [2.75, 3.05) is 23.7 Å². The molecule has 7 nitrogen and oxygen atoms in total. The molecule has 0 spiro atoms. The van der Waals surface area contributed by atoms with Gasteiger partial charge in [0.2, 0.25) is 21.8 Å². The van der Waals surface area contributed by atoms with Gasteiger partial charge in [-0.05, 0) is 36.6 Å². The zero-order valence-electron chi connectivity index (χ0n) is 22.9. The van der Waals surface area contributed by atoms with Crippen molar-refractivity contribution in [3.63, 3.8) is 0 Å². The molecule has 0 fully saturated rings. The summed E-state index contributed by atoms with van der Waals surface area (Å²) in [5, 5.41) is 2.91. The maximum absolute atomic E-state index is 14.0. The number of rotatable bonds is 13. The average molecular weight is 572 g/mol. The van der Waals surface area contributed by atoms with Crippen molar-refractivity contribution in [3.8, 4) is 0 Å². The Morgan fingerprint density at radius 2 is 1.60 bits per heavy atom. The molecule has 2 amide bonds.